The van der Waals surface area contributed by atoms with E-state index in [2.05, 4.69) is 10.3 Å². The molecule has 3 aromatic rings. The lowest BCUT2D eigenvalue weighted by atomic mass is 10.0. The van der Waals surface area contributed by atoms with Crippen molar-refractivity contribution in [3.63, 3.8) is 0 Å². The Morgan fingerprint density at radius 3 is 2.68 bits per heavy atom. The number of hydrogen-bond acceptors (Lipinski definition) is 5. The van der Waals surface area contributed by atoms with Gasteiger partial charge in [0.25, 0.3) is 0 Å². The molecule has 2 aromatic carbocycles. The van der Waals surface area contributed by atoms with Crippen LogP contribution >= 0.6 is 11.3 Å². The molecule has 1 aromatic heterocycles. The zero-order valence-electron chi connectivity index (χ0n) is 13.8. The standard InChI is InChI=1S/C19H18N2O3S/c1-12(9-13-5-3-2-4-6-13)18(22)21-19-20-14-10-15-16(11-17(14)25-19)24-8-7-23-15/h2-6,10-12H,7-9H2,1H3,(H,20,21,22). The first-order chi connectivity index (χ1) is 12.2. The molecule has 0 saturated carbocycles. The molecule has 0 radical (unpaired) electrons. The second-order valence-corrected chi connectivity index (χ2v) is 7.09. The zero-order valence-corrected chi connectivity index (χ0v) is 14.6. The highest BCUT2D eigenvalue weighted by atomic mass is 32.1. The van der Waals surface area contributed by atoms with Gasteiger partial charge in [-0.05, 0) is 12.0 Å². The summed E-state index contributed by atoms with van der Waals surface area (Å²) in [6.07, 6.45) is 0.702. The minimum atomic E-state index is -0.130. The lowest BCUT2D eigenvalue weighted by Gasteiger charge is -2.17. The van der Waals surface area contributed by atoms with E-state index >= 15 is 0 Å². The molecule has 4 rings (SSSR count). The number of nitrogens with one attached hydrogen (secondary N) is 1. The first-order valence-corrected chi connectivity index (χ1v) is 9.05. The summed E-state index contributed by atoms with van der Waals surface area (Å²) < 4.78 is 12.1. The number of ether oxygens (including phenoxy) is 2. The van der Waals surface area contributed by atoms with Crippen LogP contribution in [-0.2, 0) is 11.2 Å². The highest BCUT2D eigenvalue weighted by Crippen LogP contribution is 2.37. The Labute approximate surface area is 149 Å². The van der Waals surface area contributed by atoms with E-state index in [1.54, 1.807) is 0 Å². The second-order valence-electron chi connectivity index (χ2n) is 6.06. The third-order valence-corrected chi connectivity index (χ3v) is 5.05. The smallest absolute Gasteiger partial charge is 0.229 e. The number of rotatable bonds is 4. The van der Waals surface area contributed by atoms with Crippen LogP contribution in [0, 0.1) is 5.92 Å². The van der Waals surface area contributed by atoms with E-state index in [1.807, 2.05) is 49.4 Å². The Kier molecular flexibility index (Phi) is 4.28. The van der Waals surface area contributed by atoms with Crippen molar-refractivity contribution >= 4 is 32.6 Å². The average molecular weight is 354 g/mol. The maximum Gasteiger partial charge on any atom is 0.229 e. The number of nitrogens with zero attached hydrogens (tertiary/aromatic N) is 1. The molecule has 1 amide bonds. The van der Waals surface area contributed by atoms with Gasteiger partial charge in [0.15, 0.2) is 16.6 Å². The van der Waals surface area contributed by atoms with Gasteiger partial charge in [0.05, 0.1) is 10.2 Å². The molecule has 128 valence electrons. The number of anilines is 1. The third kappa shape index (κ3) is 3.44. The number of hydrogen-bond donors (Lipinski definition) is 1. The van der Waals surface area contributed by atoms with Crippen molar-refractivity contribution < 1.29 is 14.3 Å². The molecule has 0 fully saturated rings. The van der Waals surface area contributed by atoms with Crippen molar-refractivity contribution in [1.29, 1.82) is 0 Å². The van der Waals surface area contributed by atoms with Crippen LogP contribution in [0.4, 0.5) is 5.13 Å². The molecule has 0 bridgehead atoms. The van der Waals surface area contributed by atoms with Crippen LogP contribution in [0.5, 0.6) is 11.5 Å². The average Bonchev–Trinajstić information content (AvgIpc) is 3.01. The fourth-order valence-corrected chi connectivity index (χ4v) is 3.69. The molecule has 25 heavy (non-hydrogen) atoms. The predicted molar refractivity (Wildman–Crippen MR) is 98.5 cm³/mol. The molecule has 1 atom stereocenters. The van der Waals surface area contributed by atoms with Crippen molar-refractivity contribution in [2.45, 2.75) is 13.3 Å². The van der Waals surface area contributed by atoms with Crippen molar-refractivity contribution in [1.82, 2.24) is 4.98 Å². The quantitative estimate of drug-likeness (QED) is 0.772. The largest absolute Gasteiger partial charge is 0.486 e. The third-order valence-electron chi connectivity index (χ3n) is 4.11. The van der Waals surface area contributed by atoms with Crippen molar-refractivity contribution in [2.24, 2.45) is 5.92 Å². The minimum Gasteiger partial charge on any atom is -0.486 e. The number of thiazole rings is 1. The Balaban J connectivity index is 1.49. The van der Waals surface area contributed by atoms with E-state index in [9.17, 15) is 4.79 Å². The van der Waals surface area contributed by atoms with Crippen LogP contribution in [0.2, 0.25) is 0 Å². The first-order valence-electron chi connectivity index (χ1n) is 8.24. The number of aromatic nitrogens is 1. The van der Waals surface area contributed by atoms with Crippen molar-refractivity contribution in [3.05, 3.63) is 48.0 Å². The van der Waals surface area contributed by atoms with E-state index in [1.165, 1.54) is 11.3 Å². The summed E-state index contributed by atoms with van der Waals surface area (Å²) in [5.74, 6) is 1.28. The SMILES string of the molecule is CC(Cc1ccccc1)C(=O)Nc1nc2cc3c(cc2s1)OCCO3. The maximum absolute atomic E-state index is 12.5. The molecular formula is C19H18N2O3S. The van der Waals surface area contributed by atoms with Crippen LogP contribution < -0.4 is 14.8 Å². The van der Waals surface area contributed by atoms with Gasteiger partial charge in [-0.1, -0.05) is 48.6 Å². The Morgan fingerprint density at radius 2 is 1.92 bits per heavy atom. The summed E-state index contributed by atoms with van der Waals surface area (Å²) in [7, 11) is 0. The first kappa shape index (κ1) is 15.9. The molecule has 1 unspecified atom stereocenters. The molecule has 1 aliphatic rings. The number of benzene rings is 2. The Hall–Kier alpha value is -2.60. The van der Waals surface area contributed by atoms with Gasteiger partial charge in [-0.25, -0.2) is 4.98 Å². The van der Waals surface area contributed by atoms with E-state index in [0.29, 0.717) is 30.5 Å². The fraction of sp³-hybridized carbons (Fsp3) is 0.263. The van der Waals surface area contributed by atoms with Gasteiger partial charge in [0.1, 0.15) is 13.2 Å². The molecule has 0 aliphatic carbocycles. The summed E-state index contributed by atoms with van der Waals surface area (Å²) >= 11 is 1.44. The van der Waals surface area contributed by atoms with Crippen molar-refractivity contribution in [2.75, 3.05) is 18.5 Å². The van der Waals surface area contributed by atoms with E-state index in [4.69, 9.17) is 9.47 Å². The Morgan fingerprint density at radius 1 is 1.20 bits per heavy atom. The number of amides is 1. The van der Waals surface area contributed by atoms with E-state index < -0.39 is 0 Å². The summed E-state index contributed by atoms with van der Waals surface area (Å²) in [4.78, 5) is 17.0. The van der Waals surface area contributed by atoms with Crippen LogP contribution in [0.15, 0.2) is 42.5 Å². The molecule has 5 nitrogen and oxygen atoms in total. The second kappa shape index (κ2) is 6.72. The van der Waals surface area contributed by atoms with Gasteiger partial charge in [0, 0.05) is 18.1 Å². The monoisotopic (exact) mass is 354 g/mol. The van der Waals surface area contributed by atoms with Crippen molar-refractivity contribution in [3.8, 4) is 11.5 Å². The van der Waals surface area contributed by atoms with Crippen LogP contribution in [-0.4, -0.2) is 24.1 Å². The molecule has 6 heteroatoms. The normalized spacial score (nSPS) is 14.3. The molecule has 1 aliphatic heterocycles. The minimum absolute atomic E-state index is 0.0276. The lowest BCUT2D eigenvalue weighted by molar-refractivity contribution is -0.119. The summed E-state index contributed by atoms with van der Waals surface area (Å²) in [5, 5.41) is 3.53. The maximum atomic E-state index is 12.5. The molecule has 1 N–H and O–H groups in total. The molecule has 0 spiro atoms. The van der Waals surface area contributed by atoms with E-state index in [-0.39, 0.29) is 11.8 Å². The molecule has 0 saturated heterocycles. The summed E-state index contributed by atoms with van der Waals surface area (Å²) in [5.41, 5.74) is 1.96. The van der Waals surface area contributed by atoms with Gasteiger partial charge >= 0.3 is 0 Å². The fourth-order valence-electron chi connectivity index (χ4n) is 2.81. The van der Waals surface area contributed by atoms with Gasteiger partial charge < -0.3 is 14.8 Å². The predicted octanol–water partition coefficient (Wildman–Crippen LogP) is 3.88. The lowest BCUT2D eigenvalue weighted by Crippen LogP contribution is -2.22. The van der Waals surface area contributed by atoms with Crippen LogP contribution in [0.25, 0.3) is 10.2 Å². The number of carbonyl (C=O) groups is 1. The topological polar surface area (TPSA) is 60.5 Å². The number of fused-ring (bicyclic) bond motifs is 2. The summed E-state index contributed by atoms with van der Waals surface area (Å²) in [6.45, 7) is 3.02. The van der Waals surface area contributed by atoms with Gasteiger partial charge in [-0.3, -0.25) is 4.79 Å². The van der Waals surface area contributed by atoms with E-state index in [0.717, 1.165) is 21.5 Å². The van der Waals surface area contributed by atoms with Gasteiger partial charge in [0.2, 0.25) is 5.91 Å². The number of carbonyl (C=O) groups excluding carboxylic acids is 1. The molecule has 2 heterocycles. The Bertz CT molecular complexity index is 865. The molecular weight excluding hydrogens is 336 g/mol. The zero-order chi connectivity index (χ0) is 17.2. The van der Waals surface area contributed by atoms with Gasteiger partial charge in [-0.2, -0.15) is 0 Å². The van der Waals surface area contributed by atoms with Crippen LogP contribution in [0.3, 0.4) is 0 Å². The van der Waals surface area contributed by atoms with Gasteiger partial charge in [-0.15, -0.1) is 0 Å². The highest BCUT2D eigenvalue weighted by Gasteiger charge is 2.18. The van der Waals surface area contributed by atoms with Crippen LogP contribution in [0.1, 0.15) is 12.5 Å². The highest BCUT2D eigenvalue weighted by molar-refractivity contribution is 7.22. The summed E-state index contributed by atoms with van der Waals surface area (Å²) in [6, 6.07) is 13.8.